The summed E-state index contributed by atoms with van der Waals surface area (Å²) in [6.45, 7) is 6.06. The number of carboxylic acids is 2. The SMILES string of the molecule is Cc1ccc(N2CCN(c3ncc(-c4cccc(CN(C)C(=O)CN)c4)cn3)CC2)nc1.O=C(O)[C@H](O)[C@@H](O)C(=O)O. The molecule has 1 amide bonds. The minimum absolute atomic E-state index is 0.0152. The number of aliphatic hydroxyl groups is 2. The van der Waals surface area contributed by atoms with Crippen LogP contribution in [0, 0.1) is 6.92 Å². The fraction of sp³-hybridized carbons (Fsp3) is 0.357. The third kappa shape index (κ3) is 8.67. The molecule has 3 heterocycles. The lowest BCUT2D eigenvalue weighted by Gasteiger charge is -2.35. The van der Waals surface area contributed by atoms with Crippen LogP contribution in [0.2, 0.25) is 0 Å². The van der Waals surface area contributed by atoms with Crippen LogP contribution in [-0.2, 0) is 20.9 Å². The maximum atomic E-state index is 11.7. The first-order valence-electron chi connectivity index (χ1n) is 13.1. The zero-order valence-electron chi connectivity index (χ0n) is 23.4. The molecule has 42 heavy (non-hydrogen) atoms. The van der Waals surface area contributed by atoms with Crippen molar-refractivity contribution in [1.29, 1.82) is 0 Å². The fourth-order valence-electron chi connectivity index (χ4n) is 4.05. The van der Waals surface area contributed by atoms with Gasteiger partial charge in [0.1, 0.15) is 5.82 Å². The van der Waals surface area contributed by atoms with E-state index in [0.29, 0.717) is 6.54 Å². The number of hydrogen-bond acceptors (Lipinski definition) is 11. The van der Waals surface area contributed by atoms with Gasteiger partial charge in [0.15, 0.2) is 12.2 Å². The van der Waals surface area contributed by atoms with Crippen molar-refractivity contribution in [3.05, 3.63) is 66.1 Å². The molecular weight excluding hydrogens is 546 g/mol. The highest BCUT2D eigenvalue weighted by atomic mass is 16.4. The molecule has 1 aliphatic heterocycles. The summed E-state index contributed by atoms with van der Waals surface area (Å²) >= 11 is 0. The maximum absolute atomic E-state index is 11.7. The summed E-state index contributed by atoms with van der Waals surface area (Å²) in [4.78, 5) is 51.2. The molecule has 4 rings (SSSR count). The Hall–Kier alpha value is -4.66. The molecule has 1 fully saturated rings. The molecule has 0 spiro atoms. The first kappa shape index (κ1) is 31.9. The van der Waals surface area contributed by atoms with Crippen molar-refractivity contribution >= 4 is 29.6 Å². The van der Waals surface area contributed by atoms with Crippen LogP contribution in [-0.4, -0.2) is 110 Å². The lowest BCUT2D eigenvalue weighted by molar-refractivity contribution is -0.165. The average molecular weight is 582 g/mol. The second-order valence-corrected chi connectivity index (χ2v) is 9.66. The number of aliphatic hydroxyl groups excluding tert-OH is 2. The van der Waals surface area contributed by atoms with Gasteiger partial charge < -0.3 is 40.9 Å². The number of aryl methyl sites for hydroxylation is 1. The minimum Gasteiger partial charge on any atom is -0.479 e. The van der Waals surface area contributed by atoms with Gasteiger partial charge in [0.2, 0.25) is 11.9 Å². The number of carbonyl (C=O) groups is 3. The van der Waals surface area contributed by atoms with E-state index in [1.807, 2.05) is 43.7 Å². The number of nitrogens with zero attached hydrogens (tertiary/aromatic N) is 6. The number of nitrogens with two attached hydrogens (primary N) is 1. The van der Waals surface area contributed by atoms with Crippen molar-refractivity contribution < 1.29 is 34.8 Å². The number of piperazine rings is 1. The van der Waals surface area contributed by atoms with Gasteiger partial charge >= 0.3 is 11.9 Å². The van der Waals surface area contributed by atoms with Crippen LogP contribution in [0.25, 0.3) is 11.1 Å². The highest BCUT2D eigenvalue weighted by molar-refractivity contribution is 5.83. The molecule has 2 aromatic heterocycles. The van der Waals surface area contributed by atoms with Crippen molar-refractivity contribution in [1.82, 2.24) is 19.9 Å². The molecule has 0 bridgehead atoms. The molecule has 0 radical (unpaired) electrons. The summed E-state index contributed by atoms with van der Waals surface area (Å²) in [7, 11) is 1.76. The lowest BCUT2D eigenvalue weighted by atomic mass is 10.1. The molecule has 1 saturated heterocycles. The van der Waals surface area contributed by atoms with Gasteiger partial charge in [-0.3, -0.25) is 4.79 Å². The molecule has 1 aromatic carbocycles. The summed E-state index contributed by atoms with van der Waals surface area (Å²) in [5.41, 5.74) is 9.63. The Bertz CT molecular complexity index is 1330. The van der Waals surface area contributed by atoms with Gasteiger partial charge in [-0.1, -0.05) is 24.3 Å². The summed E-state index contributed by atoms with van der Waals surface area (Å²) in [6, 6.07) is 12.2. The van der Waals surface area contributed by atoms with Gasteiger partial charge in [-0.05, 0) is 35.7 Å². The number of aromatic nitrogens is 3. The van der Waals surface area contributed by atoms with E-state index < -0.39 is 24.1 Å². The van der Waals surface area contributed by atoms with Crippen molar-refractivity contribution in [2.45, 2.75) is 25.7 Å². The van der Waals surface area contributed by atoms with Crippen LogP contribution in [0.5, 0.6) is 0 Å². The number of rotatable bonds is 9. The first-order valence-corrected chi connectivity index (χ1v) is 13.1. The normalized spacial score (nSPS) is 14.3. The largest absolute Gasteiger partial charge is 0.479 e. The summed E-state index contributed by atoms with van der Waals surface area (Å²) in [6.07, 6.45) is 1.11. The zero-order valence-corrected chi connectivity index (χ0v) is 23.4. The Kier molecular flexibility index (Phi) is 11.2. The molecule has 0 unspecified atom stereocenters. The second-order valence-electron chi connectivity index (χ2n) is 9.66. The van der Waals surface area contributed by atoms with Crippen LogP contribution in [0.3, 0.4) is 0 Å². The van der Waals surface area contributed by atoms with Gasteiger partial charge in [0, 0.05) is 63.9 Å². The number of pyridine rings is 1. The van der Waals surface area contributed by atoms with E-state index >= 15 is 0 Å². The number of likely N-dealkylation sites (N-methyl/N-ethyl adjacent to an activating group) is 1. The molecule has 6 N–H and O–H groups in total. The number of amides is 1. The van der Waals surface area contributed by atoms with Crippen molar-refractivity contribution in [3.8, 4) is 11.1 Å². The highest BCUT2D eigenvalue weighted by Gasteiger charge is 2.29. The molecule has 0 saturated carbocycles. The zero-order chi connectivity index (χ0) is 30.8. The van der Waals surface area contributed by atoms with Gasteiger partial charge in [-0.25, -0.2) is 24.5 Å². The van der Waals surface area contributed by atoms with E-state index in [0.717, 1.165) is 54.6 Å². The lowest BCUT2D eigenvalue weighted by Crippen LogP contribution is -2.47. The van der Waals surface area contributed by atoms with Crippen LogP contribution in [0.4, 0.5) is 11.8 Å². The minimum atomic E-state index is -2.27. The van der Waals surface area contributed by atoms with Crippen LogP contribution >= 0.6 is 0 Å². The first-order chi connectivity index (χ1) is 20.0. The molecule has 2 atom stereocenters. The Morgan fingerprint density at radius 3 is 2.00 bits per heavy atom. The number of carbonyl (C=O) groups excluding carboxylic acids is 1. The topological polar surface area (TPSA) is 207 Å². The standard InChI is InChI=1S/C24H29N7O.C4H6O6/c1-18-6-7-22(26-14-18)30-8-10-31(11-9-30)24-27-15-21(16-28-24)20-5-3-4-19(12-20)17-29(2)23(32)13-25;5-1(3(7)8)2(6)4(9)10/h3-7,12,14-16H,8-11,13,17,25H2,1-2H3;1-2,5-6H,(H,7,8)(H,9,10)/t;1-,2-/m.1/s1. The molecule has 224 valence electrons. The van der Waals surface area contributed by atoms with Crippen LogP contribution in [0.15, 0.2) is 55.0 Å². The van der Waals surface area contributed by atoms with E-state index in [4.69, 9.17) is 26.2 Å². The fourth-order valence-corrected chi connectivity index (χ4v) is 4.05. The van der Waals surface area contributed by atoms with E-state index in [-0.39, 0.29) is 12.5 Å². The number of benzene rings is 1. The number of anilines is 2. The van der Waals surface area contributed by atoms with Gasteiger partial charge in [0.25, 0.3) is 0 Å². The van der Waals surface area contributed by atoms with Crippen molar-refractivity contribution in [2.24, 2.45) is 5.73 Å². The average Bonchev–Trinajstić information content (AvgIpc) is 3.00. The van der Waals surface area contributed by atoms with Crippen molar-refractivity contribution in [2.75, 3.05) is 49.6 Å². The molecule has 1 aliphatic rings. The third-order valence-corrected chi connectivity index (χ3v) is 6.51. The molecular formula is C28H35N7O7. The molecule has 14 nitrogen and oxygen atoms in total. The summed E-state index contributed by atoms with van der Waals surface area (Å²) < 4.78 is 0. The smallest absolute Gasteiger partial charge is 0.335 e. The predicted octanol–water partition coefficient (Wildman–Crippen LogP) is -0.0319. The van der Waals surface area contributed by atoms with E-state index in [1.54, 1.807) is 11.9 Å². The predicted molar refractivity (Wildman–Crippen MR) is 154 cm³/mol. The van der Waals surface area contributed by atoms with E-state index in [2.05, 4.69) is 43.0 Å². The number of aliphatic carboxylic acids is 2. The van der Waals surface area contributed by atoms with Crippen molar-refractivity contribution in [3.63, 3.8) is 0 Å². The Labute approximate surface area is 242 Å². The Morgan fingerprint density at radius 1 is 0.881 bits per heavy atom. The van der Waals surface area contributed by atoms with Crippen LogP contribution in [0.1, 0.15) is 11.1 Å². The number of carboxylic acid groups (broad SMARTS) is 2. The van der Waals surface area contributed by atoms with Gasteiger partial charge in [-0.2, -0.15) is 0 Å². The second kappa shape index (κ2) is 14.8. The summed E-state index contributed by atoms with van der Waals surface area (Å²) in [5.74, 6) is -1.86. The monoisotopic (exact) mass is 581 g/mol. The van der Waals surface area contributed by atoms with Crippen LogP contribution < -0.4 is 15.5 Å². The summed E-state index contributed by atoms with van der Waals surface area (Å²) in [5, 5.41) is 32.5. The molecule has 0 aliphatic carbocycles. The van der Waals surface area contributed by atoms with Gasteiger partial charge in [-0.15, -0.1) is 0 Å². The van der Waals surface area contributed by atoms with Gasteiger partial charge in [0.05, 0.1) is 6.54 Å². The number of hydrogen-bond donors (Lipinski definition) is 5. The quantitative estimate of drug-likeness (QED) is 0.225. The van der Waals surface area contributed by atoms with E-state index in [9.17, 15) is 14.4 Å². The molecule has 3 aromatic rings. The maximum Gasteiger partial charge on any atom is 0.335 e. The Morgan fingerprint density at radius 2 is 1.48 bits per heavy atom. The molecule has 14 heteroatoms. The third-order valence-electron chi connectivity index (χ3n) is 6.51. The highest BCUT2D eigenvalue weighted by Crippen LogP contribution is 2.22. The Balaban J connectivity index is 0.000000416. The van der Waals surface area contributed by atoms with E-state index in [1.165, 1.54) is 5.56 Å².